The van der Waals surface area contributed by atoms with Crippen molar-refractivity contribution in [1.29, 1.82) is 0 Å². The average molecular weight is 345 g/mol. The summed E-state index contributed by atoms with van der Waals surface area (Å²) in [6, 6.07) is 5.18. The van der Waals surface area contributed by atoms with E-state index in [0.717, 1.165) is 24.3 Å². The van der Waals surface area contributed by atoms with Crippen molar-refractivity contribution in [1.82, 2.24) is 4.98 Å². The van der Waals surface area contributed by atoms with Gasteiger partial charge in [-0.3, -0.25) is 20.2 Å². The third-order valence-corrected chi connectivity index (χ3v) is 3.32. The number of aromatic nitrogens is 1. The second-order valence-electron chi connectivity index (χ2n) is 4.88. The maximum Gasteiger partial charge on any atom is 0.363 e. The number of aromatic hydroxyl groups is 2. The van der Waals surface area contributed by atoms with Gasteiger partial charge in [0.15, 0.2) is 17.0 Å². The number of nitrogens with zero attached hydrogens (tertiary/aromatic N) is 3. The predicted molar refractivity (Wildman–Crippen MR) is 82.4 cm³/mol. The highest BCUT2D eigenvalue weighted by Gasteiger charge is 2.22. The van der Waals surface area contributed by atoms with E-state index in [9.17, 15) is 35.2 Å². The molecule has 0 saturated heterocycles. The summed E-state index contributed by atoms with van der Waals surface area (Å²) < 4.78 is 4.97. The fourth-order valence-electron chi connectivity index (χ4n) is 2.17. The number of non-ortho nitro benzene ring substituents is 1. The molecule has 1 heterocycles. The van der Waals surface area contributed by atoms with E-state index in [0.29, 0.717) is 0 Å². The number of hydrogen-bond donors (Lipinski definition) is 2. The summed E-state index contributed by atoms with van der Waals surface area (Å²) in [6.45, 7) is 0. The van der Waals surface area contributed by atoms with Crippen LogP contribution in [-0.4, -0.2) is 25.0 Å². The Labute approximate surface area is 136 Å². The van der Waals surface area contributed by atoms with E-state index in [-0.39, 0.29) is 28.0 Å². The first-order valence-corrected chi connectivity index (χ1v) is 6.58. The van der Waals surface area contributed by atoms with Crippen molar-refractivity contribution >= 4 is 22.5 Å². The van der Waals surface area contributed by atoms with E-state index >= 15 is 0 Å². The number of fused-ring (bicyclic) bond motifs is 1. The van der Waals surface area contributed by atoms with Crippen molar-refractivity contribution in [2.24, 2.45) is 0 Å². The minimum atomic E-state index is -1.02. The molecule has 25 heavy (non-hydrogen) atoms. The van der Waals surface area contributed by atoms with Crippen LogP contribution in [0.25, 0.3) is 22.4 Å². The highest BCUT2D eigenvalue weighted by molar-refractivity contribution is 5.78. The zero-order chi connectivity index (χ0) is 18.3. The van der Waals surface area contributed by atoms with Gasteiger partial charge >= 0.3 is 11.3 Å². The molecule has 2 N–H and O–H groups in total. The van der Waals surface area contributed by atoms with E-state index in [4.69, 9.17) is 4.42 Å². The fourth-order valence-corrected chi connectivity index (χ4v) is 2.17. The van der Waals surface area contributed by atoms with Gasteiger partial charge in [-0.15, -0.1) is 0 Å². The lowest BCUT2D eigenvalue weighted by Crippen LogP contribution is -2.06. The Morgan fingerprint density at radius 3 is 2.40 bits per heavy atom. The second-order valence-corrected chi connectivity index (χ2v) is 4.88. The van der Waals surface area contributed by atoms with Gasteiger partial charge in [-0.2, -0.15) is 0 Å². The number of rotatable bonds is 3. The van der Waals surface area contributed by atoms with Crippen molar-refractivity contribution in [3.8, 4) is 22.8 Å². The van der Waals surface area contributed by atoms with Gasteiger partial charge in [0.2, 0.25) is 5.75 Å². The Kier molecular flexibility index (Phi) is 3.53. The Balaban J connectivity index is 2.24. The lowest BCUT2D eigenvalue weighted by atomic mass is 10.1. The minimum Gasteiger partial charge on any atom is -0.504 e. The van der Waals surface area contributed by atoms with Gasteiger partial charge in [-0.25, -0.2) is 9.78 Å². The monoisotopic (exact) mass is 345 g/mol. The number of phenolic OH excluding ortho intramolecular Hbond substituents is 2. The zero-order valence-electron chi connectivity index (χ0n) is 12.1. The van der Waals surface area contributed by atoms with Gasteiger partial charge in [0.05, 0.1) is 15.9 Å². The lowest BCUT2D eigenvalue weighted by molar-refractivity contribution is -0.385. The molecule has 0 amide bonds. The molecule has 0 bridgehead atoms. The molecule has 0 atom stereocenters. The molecule has 0 unspecified atom stereocenters. The van der Waals surface area contributed by atoms with Gasteiger partial charge in [0.25, 0.3) is 5.69 Å². The van der Waals surface area contributed by atoms with Crippen molar-refractivity contribution in [2.45, 2.75) is 0 Å². The van der Waals surface area contributed by atoms with E-state index in [1.165, 1.54) is 6.07 Å². The topological polar surface area (TPSA) is 170 Å². The van der Waals surface area contributed by atoms with Gasteiger partial charge in [-0.05, 0) is 12.1 Å². The molecule has 0 radical (unpaired) electrons. The molecule has 11 heteroatoms. The normalized spacial score (nSPS) is 10.7. The number of nitro groups is 2. The SMILES string of the molecule is O=c1oc2cc([N+](=O)[O-])ccc2nc1-c1cc(O)c(O)c([N+](=O)[O-])c1. The molecule has 126 valence electrons. The predicted octanol–water partition coefficient (Wildman–Crippen LogP) is 2.08. The summed E-state index contributed by atoms with van der Waals surface area (Å²) >= 11 is 0. The molecule has 3 aromatic rings. The van der Waals surface area contributed by atoms with Crippen molar-refractivity contribution in [3.05, 3.63) is 61.0 Å². The number of nitro benzene ring substituents is 2. The van der Waals surface area contributed by atoms with Crippen molar-refractivity contribution in [2.75, 3.05) is 0 Å². The molecule has 3 rings (SSSR count). The lowest BCUT2D eigenvalue weighted by Gasteiger charge is -2.04. The van der Waals surface area contributed by atoms with Gasteiger partial charge in [0, 0.05) is 17.7 Å². The summed E-state index contributed by atoms with van der Waals surface area (Å²) in [6.07, 6.45) is 0. The molecule has 0 aliphatic rings. The van der Waals surface area contributed by atoms with Crippen LogP contribution in [0.4, 0.5) is 11.4 Å². The molecule has 11 nitrogen and oxygen atoms in total. The van der Waals surface area contributed by atoms with E-state index in [1.807, 2.05) is 0 Å². The smallest absolute Gasteiger partial charge is 0.363 e. The molecular weight excluding hydrogens is 338 g/mol. The van der Waals surface area contributed by atoms with Crippen LogP contribution in [0.2, 0.25) is 0 Å². The summed E-state index contributed by atoms with van der Waals surface area (Å²) in [5.41, 5.74) is -2.71. The molecule has 2 aromatic carbocycles. The van der Waals surface area contributed by atoms with Crippen LogP contribution in [0, 0.1) is 20.2 Å². The van der Waals surface area contributed by atoms with Crippen LogP contribution in [0.5, 0.6) is 11.5 Å². The van der Waals surface area contributed by atoms with Crippen LogP contribution in [0.15, 0.2) is 39.5 Å². The zero-order valence-corrected chi connectivity index (χ0v) is 12.1. The highest BCUT2D eigenvalue weighted by Crippen LogP contribution is 2.38. The molecule has 0 aliphatic heterocycles. The van der Waals surface area contributed by atoms with Gasteiger partial charge < -0.3 is 14.6 Å². The van der Waals surface area contributed by atoms with E-state index < -0.39 is 32.7 Å². The average Bonchev–Trinajstić information content (AvgIpc) is 2.55. The largest absolute Gasteiger partial charge is 0.504 e. The first kappa shape index (κ1) is 15.9. The van der Waals surface area contributed by atoms with Crippen molar-refractivity contribution in [3.63, 3.8) is 0 Å². The Morgan fingerprint density at radius 1 is 1.04 bits per heavy atom. The minimum absolute atomic E-state index is 0.0930. The van der Waals surface area contributed by atoms with Gasteiger partial charge in [0.1, 0.15) is 5.52 Å². The first-order valence-electron chi connectivity index (χ1n) is 6.58. The Bertz CT molecular complexity index is 1110. The van der Waals surface area contributed by atoms with E-state index in [2.05, 4.69) is 4.98 Å². The van der Waals surface area contributed by atoms with Crippen LogP contribution >= 0.6 is 0 Å². The third kappa shape index (κ3) is 2.69. The summed E-state index contributed by atoms with van der Waals surface area (Å²) in [5.74, 6) is -1.76. The summed E-state index contributed by atoms with van der Waals surface area (Å²) in [5, 5.41) is 40.7. The molecule has 0 fully saturated rings. The molecule has 0 saturated carbocycles. The molecule has 1 aromatic heterocycles. The van der Waals surface area contributed by atoms with E-state index in [1.54, 1.807) is 0 Å². The molecule has 0 spiro atoms. The summed E-state index contributed by atoms with van der Waals surface area (Å²) in [4.78, 5) is 36.1. The van der Waals surface area contributed by atoms with Crippen LogP contribution in [-0.2, 0) is 0 Å². The quantitative estimate of drug-likeness (QED) is 0.409. The maximum atomic E-state index is 12.1. The van der Waals surface area contributed by atoms with Crippen LogP contribution < -0.4 is 5.63 Å². The Morgan fingerprint density at radius 2 is 1.76 bits per heavy atom. The number of phenols is 2. The van der Waals surface area contributed by atoms with Crippen LogP contribution in [0.1, 0.15) is 0 Å². The maximum absolute atomic E-state index is 12.1. The fraction of sp³-hybridized carbons (Fsp3) is 0. The number of benzene rings is 2. The first-order chi connectivity index (χ1) is 11.8. The summed E-state index contributed by atoms with van der Waals surface area (Å²) in [7, 11) is 0. The standard InChI is InChI=1S/C14H7N3O8/c18-10-4-6(3-9(13(10)19)17(23)24)12-14(20)25-11-5-7(16(21)22)1-2-8(11)15-12/h1-5,18-19H. The van der Waals surface area contributed by atoms with Crippen LogP contribution in [0.3, 0.4) is 0 Å². The highest BCUT2D eigenvalue weighted by atomic mass is 16.6. The third-order valence-electron chi connectivity index (χ3n) is 3.32. The van der Waals surface area contributed by atoms with Gasteiger partial charge in [-0.1, -0.05) is 0 Å². The number of hydrogen-bond acceptors (Lipinski definition) is 9. The molecular formula is C14H7N3O8. The molecule has 0 aliphatic carbocycles. The Hall–Kier alpha value is -4.02. The second kappa shape index (κ2) is 5.56. The van der Waals surface area contributed by atoms with Crippen molar-refractivity contribution < 1.29 is 24.5 Å².